The highest BCUT2D eigenvalue weighted by Gasteiger charge is 2.52. The molecule has 2 aromatic rings. The van der Waals surface area contributed by atoms with Crippen LogP contribution in [0.25, 0.3) is 0 Å². The zero-order valence-electron chi connectivity index (χ0n) is 18.7. The van der Waals surface area contributed by atoms with Crippen molar-refractivity contribution in [3.05, 3.63) is 65.1 Å². The predicted molar refractivity (Wildman–Crippen MR) is 126 cm³/mol. The number of likely N-dealkylation sites (tertiary alicyclic amines) is 1. The van der Waals surface area contributed by atoms with Crippen LogP contribution in [0.3, 0.4) is 0 Å². The fraction of sp³-hybridized carbons (Fsp3) is 0.440. The summed E-state index contributed by atoms with van der Waals surface area (Å²) in [6, 6.07) is 12.5. The van der Waals surface area contributed by atoms with Crippen molar-refractivity contribution in [2.24, 2.45) is 0 Å². The van der Waals surface area contributed by atoms with E-state index in [2.05, 4.69) is 16.9 Å². The largest absolute Gasteiger partial charge is 0.512 e. The van der Waals surface area contributed by atoms with Crippen LogP contribution in [-0.2, 0) is 17.6 Å². The number of halogens is 2. The Morgan fingerprint density at radius 1 is 1.18 bits per heavy atom. The maximum atomic E-state index is 14.1. The van der Waals surface area contributed by atoms with Crippen molar-refractivity contribution < 1.29 is 33.3 Å². The predicted octanol–water partition coefficient (Wildman–Crippen LogP) is 5.30. The lowest BCUT2D eigenvalue weighted by Gasteiger charge is -2.21. The van der Waals surface area contributed by atoms with Crippen molar-refractivity contribution in [1.29, 1.82) is 0 Å². The molecular formula is C25H29F2NO5S. The van der Waals surface area contributed by atoms with Gasteiger partial charge in [0.05, 0.1) is 12.1 Å². The summed E-state index contributed by atoms with van der Waals surface area (Å²) >= 11 is 1.17. The number of benzene rings is 1. The number of carbonyl (C=O) groups excluding carboxylic acids is 1. The fourth-order valence-electron chi connectivity index (χ4n) is 4.00. The number of amides is 1. The number of unbranched alkanes of at least 4 members (excludes halogenated alkanes) is 1. The van der Waals surface area contributed by atoms with Gasteiger partial charge in [-0.1, -0.05) is 48.9 Å². The van der Waals surface area contributed by atoms with Gasteiger partial charge in [0.1, 0.15) is 0 Å². The molecule has 1 saturated heterocycles. The molecule has 1 fully saturated rings. The topological polar surface area (TPSA) is 87.1 Å². The highest BCUT2D eigenvalue weighted by atomic mass is 32.1. The second kappa shape index (κ2) is 12.1. The summed E-state index contributed by atoms with van der Waals surface area (Å²) in [5.41, 5.74) is 1.24. The minimum Gasteiger partial charge on any atom is -0.449 e. The molecule has 2 atom stereocenters. The summed E-state index contributed by atoms with van der Waals surface area (Å²) in [5, 5.41) is 19.1. The van der Waals surface area contributed by atoms with Gasteiger partial charge in [0.25, 0.3) is 5.91 Å². The summed E-state index contributed by atoms with van der Waals surface area (Å²) in [6.45, 7) is 0.142. The van der Waals surface area contributed by atoms with Gasteiger partial charge in [0, 0.05) is 17.8 Å². The number of ether oxygens (including phenoxy) is 1. The van der Waals surface area contributed by atoms with Gasteiger partial charge >= 0.3 is 12.1 Å². The van der Waals surface area contributed by atoms with Crippen molar-refractivity contribution in [2.45, 2.75) is 63.0 Å². The first-order valence-electron chi connectivity index (χ1n) is 11.3. The van der Waals surface area contributed by atoms with E-state index in [1.807, 2.05) is 18.2 Å². The molecule has 1 aliphatic rings. The normalized spacial score (nSPS) is 18.5. The highest BCUT2D eigenvalue weighted by Crippen LogP contribution is 2.34. The van der Waals surface area contributed by atoms with Crippen LogP contribution in [0.2, 0.25) is 0 Å². The molecule has 2 N–H and O–H groups in total. The van der Waals surface area contributed by atoms with E-state index in [1.165, 1.54) is 40.0 Å². The zero-order valence-corrected chi connectivity index (χ0v) is 19.6. The highest BCUT2D eigenvalue weighted by molar-refractivity contribution is 7.13. The van der Waals surface area contributed by atoms with Crippen LogP contribution in [0.4, 0.5) is 13.6 Å². The maximum Gasteiger partial charge on any atom is 0.512 e. The molecule has 6 nitrogen and oxygen atoms in total. The molecule has 1 aliphatic heterocycles. The van der Waals surface area contributed by atoms with Gasteiger partial charge in [0.15, 0.2) is 5.06 Å². The Hall–Kier alpha value is -2.78. The molecule has 0 unspecified atom stereocenters. The molecule has 184 valence electrons. The number of aryl methyl sites for hydroxylation is 2. The minimum absolute atomic E-state index is 0.142. The van der Waals surface area contributed by atoms with Gasteiger partial charge in [-0.2, -0.15) is 8.78 Å². The molecule has 34 heavy (non-hydrogen) atoms. The number of hydrogen-bond acceptors (Lipinski definition) is 5. The first kappa shape index (κ1) is 25.8. The fourth-order valence-corrected chi connectivity index (χ4v) is 4.89. The van der Waals surface area contributed by atoms with E-state index in [9.17, 15) is 23.5 Å². The van der Waals surface area contributed by atoms with Gasteiger partial charge in [0.2, 0.25) is 0 Å². The lowest BCUT2D eigenvalue weighted by atomic mass is 10.0. The van der Waals surface area contributed by atoms with E-state index in [0.29, 0.717) is 19.3 Å². The Labute approximate surface area is 201 Å². The Morgan fingerprint density at radius 3 is 2.68 bits per heavy atom. The van der Waals surface area contributed by atoms with E-state index in [-0.39, 0.29) is 11.6 Å². The van der Waals surface area contributed by atoms with Gasteiger partial charge in [-0.3, -0.25) is 4.79 Å². The number of carboxylic acid groups (broad SMARTS) is 1. The van der Waals surface area contributed by atoms with Crippen LogP contribution in [-0.4, -0.2) is 51.8 Å². The standard InChI is InChI=1S/C25H29F2NO5S/c26-25(27)17-19(12-13-20(29)10-5-4-9-18-7-2-1-3-8-18)28(23(25)30)16-6-11-21-14-15-22(34-21)33-24(31)32/h1-3,7-8,12-15,19-20,29H,4-6,9-11,16-17H2,(H,31,32)/b13-12+/t19-,20-/m0/s1. The molecule has 0 radical (unpaired) electrons. The second-order valence-corrected chi connectivity index (χ2v) is 9.48. The Bertz CT molecular complexity index is 979. The lowest BCUT2D eigenvalue weighted by Crippen LogP contribution is -2.36. The molecule has 0 spiro atoms. The monoisotopic (exact) mass is 493 g/mol. The smallest absolute Gasteiger partial charge is 0.449 e. The van der Waals surface area contributed by atoms with E-state index in [1.54, 1.807) is 6.07 Å². The number of rotatable bonds is 12. The third kappa shape index (κ3) is 7.63. The molecule has 0 aliphatic carbocycles. The number of nitrogens with zero attached hydrogens (tertiary/aromatic N) is 1. The molecule has 0 saturated carbocycles. The van der Waals surface area contributed by atoms with Gasteiger partial charge in [-0.25, -0.2) is 4.79 Å². The molecule has 2 heterocycles. The molecule has 1 amide bonds. The van der Waals surface area contributed by atoms with E-state index < -0.39 is 36.6 Å². The van der Waals surface area contributed by atoms with Gasteiger partial charge < -0.3 is 19.8 Å². The SMILES string of the molecule is O=C(O)Oc1ccc(CCCN2C(=O)C(F)(F)C[C@@H]2/C=C/[C@@H](O)CCCCc2ccccc2)s1. The number of carbonyl (C=O) groups is 2. The summed E-state index contributed by atoms with van der Waals surface area (Å²) < 4.78 is 32.8. The average Bonchev–Trinajstić information content (AvgIpc) is 3.32. The molecule has 1 aromatic carbocycles. The van der Waals surface area contributed by atoms with Gasteiger partial charge in [-0.15, -0.1) is 11.3 Å². The summed E-state index contributed by atoms with van der Waals surface area (Å²) in [6.07, 6.45) is 4.41. The van der Waals surface area contributed by atoms with E-state index in [4.69, 9.17) is 5.11 Å². The first-order valence-corrected chi connectivity index (χ1v) is 12.1. The van der Waals surface area contributed by atoms with Crippen LogP contribution in [0.1, 0.15) is 42.5 Å². The van der Waals surface area contributed by atoms with Gasteiger partial charge in [-0.05, 0) is 49.8 Å². The van der Waals surface area contributed by atoms with Crippen LogP contribution in [0.15, 0.2) is 54.6 Å². The average molecular weight is 494 g/mol. The van der Waals surface area contributed by atoms with Crippen LogP contribution >= 0.6 is 11.3 Å². The first-order chi connectivity index (χ1) is 16.2. The Morgan fingerprint density at radius 2 is 1.94 bits per heavy atom. The van der Waals surface area contributed by atoms with Crippen LogP contribution in [0.5, 0.6) is 5.06 Å². The van der Waals surface area contributed by atoms with E-state index in [0.717, 1.165) is 24.1 Å². The quantitative estimate of drug-likeness (QED) is 0.238. The van der Waals surface area contributed by atoms with Crippen molar-refractivity contribution in [3.8, 4) is 5.06 Å². The van der Waals surface area contributed by atoms with Crippen molar-refractivity contribution >= 4 is 23.4 Å². The van der Waals surface area contributed by atoms with Crippen LogP contribution < -0.4 is 4.74 Å². The van der Waals surface area contributed by atoms with Crippen LogP contribution in [0, 0.1) is 0 Å². The van der Waals surface area contributed by atoms with E-state index >= 15 is 0 Å². The lowest BCUT2D eigenvalue weighted by molar-refractivity contribution is -0.148. The summed E-state index contributed by atoms with van der Waals surface area (Å²) in [7, 11) is 0. The Kier molecular flexibility index (Phi) is 9.18. The number of hydrogen-bond donors (Lipinski definition) is 2. The number of aliphatic hydroxyl groups is 1. The minimum atomic E-state index is -3.42. The molecular weight excluding hydrogens is 464 g/mol. The molecule has 3 rings (SSSR count). The molecule has 0 bridgehead atoms. The summed E-state index contributed by atoms with van der Waals surface area (Å²) in [4.78, 5) is 24.8. The number of alkyl halides is 2. The van der Waals surface area contributed by atoms with Crippen molar-refractivity contribution in [2.75, 3.05) is 6.54 Å². The third-order valence-corrected chi connectivity index (χ3v) is 6.72. The third-order valence-electron chi connectivity index (χ3n) is 5.70. The van der Waals surface area contributed by atoms with Crippen molar-refractivity contribution in [3.63, 3.8) is 0 Å². The number of thiophene rings is 1. The Balaban J connectivity index is 1.46. The summed E-state index contributed by atoms with van der Waals surface area (Å²) in [5.74, 6) is -4.61. The zero-order chi connectivity index (χ0) is 24.6. The molecule has 1 aromatic heterocycles. The second-order valence-electron chi connectivity index (χ2n) is 8.35. The number of aliphatic hydroxyl groups excluding tert-OH is 1. The van der Waals surface area contributed by atoms with Crippen molar-refractivity contribution in [1.82, 2.24) is 4.90 Å². The maximum absolute atomic E-state index is 14.1. The molecule has 9 heteroatoms.